The maximum absolute atomic E-state index is 12.5. The van der Waals surface area contributed by atoms with E-state index >= 15 is 0 Å². The van der Waals surface area contributed by atoms with Crippen LogP contribution in [0.15, 0.2) is 24.3 Å². The zero-order valence-electron chi connectivity index (χ0n) is 11.2. The van der Waals surface area contributed by atoms with E-state index in [2.05, 4.69) is 0 Å². The lowest BCUT2D eigenvalue weighted by Crippen LogP contribution is -2.41. The molecule has 1 heterocycles. The van der Waals surface area contributed by atoms with Crippen molar-refractivity contribution >= 4 is 17.5 Å². The average Bonchev–Trinajstić information content (AvgIpc) is 2.68. The fourth-order valence-corrected chi connectivity index (χ4v) is 2.71. The molecule has 2 atom stereocenters. The molecule has 1 N–H and O–H groups in total. The number of benzene rings is 1. The molecular formula is C14H19ClN2O2. The third-order valence-corrected chi connectivity index (χ3v) is 3.54. The Morgan fingerprint density at radius 2 is 2.26 bits per heavy atom. The second-order valence-corrected chi connectivity index (χ2v) is 5.71. The van der Waals surface area contributed by atoms with Crippen LogP contribution in [0.25, 0.3) is 0 Å². The minimum atomic E-state index is -0.437. The van der Waals surface area contributed by atoms with Gasteiger partial charge in [-0.15, -0.1) is 0 Å². The van der Waals surface area contributed by atoms with Crippen LogP contribution >= 0.6 is 11.6 Å². The van der Waals surface area contributed by atoms with E-state index in [0.29, 0.717) is 23.6 Å². The Bertz CT molecular complexity index is 465. The van der Waals surface area contributed by atoms with Crippen LogP contribution in [0.3, 0.4) is 0 Å². The molecule has 1 saturated heterocycles. The van der Waals surface area contributed by atoms with Gasteiger partial charge in [0.1, 0.15) is 0 Å². The van der Waals surface area contributed by atoms with Crippen molar-refractivity contribution in [3.05, 3.63) is 34.9 Å². The summed E-state index contributed by atoms with van der Waals surface area (Å²) in [4.78, 5) is 16.2. The van der Waals surface area contributed by atoms with Gasteiger partial charge in [-0.2, -0.15) is 0 Å². The summed E-state index contributed by atoms with van der Waals surface area (Å²) in [6, 6.07) is 6.99. The number of halogens is 1. The zero-order valence-corrected chi connectivity index (χ0v) is 12.0. The summed E-state index contributed by atoms with van der Waals surface area (Å²) < 4.78 is 0. The van der Waals surface area contributed by atoms with Gasteiger partial charge in [0.2, 0.25) is 0 Å². The van der Waals surface area contributed by atoms with Crippen molar-refractivity contribution in [1.29, 1.82) is 0 Å². The Kier molecular flexibility index (Phi) is 4.45. The fourth-order valence-electron chi connectivity index (χ4n) is 2.52. The van der Waals surface area contributed by atoms with Crippen LogP contribution in [-0.4, -0.2) is 60.1 Å². The molecule has 0 bridgehead atoms. The van der Waals surface area contributed by atoms with Gasteiger partial charge in [-0.1, -0.05) is 17.7 Å². The molecule has 1 amide bonds. The summed E-state index contributed by atoms with van der Waals surface area (Å²) in [7, 11) is 3.93. The molecule has 1 fully saturated rings. The van der Waals surface area contributed by atoms with Crippen LogP contribution in [0, 0.1) is 0 Å². The third kappa shape index (κ3) is 3.47. The molecule has 19 heavy (non-hydrogen) atoms. The maximum Gasteiger partial charge on any atom is 0.254 e. The van der Waals surface area contributed by atoms with Gasteiger partial charge in [0.15, 0.2) is 0 Å². The van der Waals surface area contributed by atoms with Crippen LogP contribution in [0.1, 0.15) is 16.8 Å². The molecule has 104 valence electrons. The van der Waals surface area contributed by atoms with Crippen molar-refractivity contribution in [3.8, 4) is 0 Å². The van der Waals surface area contributed by atoms with Gasteiger partial charge in [0.05, 0.1) is 6.10 Å². The van der Waals surface area contributed by atoms with Crippen LogP contribution in [-0.2, 0) is 0 Å². The van der Waals surface area contributed by atoms with E-state index in [1.54, 1.807) is 29.2 Å². The molecule has 1 aromatic rings. The monoisotopic (exact) mass is 282 g/mol. The summed E-state index contributed by atoms with van der Waals surface area (Å²) in [5, 5.41) is 10.3. The highest BCUT2D eigenvalue weighted by atomic mass is 35.5. The summed E-state index contributed by atoms with van der Waals surface area (Å²) in [5.74, 6) is -0.0640. The highest BCUT2D eigenvalue weighted by Crippen LogP contribution is 2.22. The van der Waals surface area contributed by atoms with Gasteiger partial charge in [0, 0.05) is 29.7 Å². The standard InChI is InChI=1S/C14H19ClN2O2/c1-16(2)8-12-7-13(18)9-17(12)14(19)10-4-3-5-11(15)6-10/h3-6,12-13,18H,7-9H2,1-2H3. The van der Waals surface area contributed by atoms with Gasteiger partial charge in [0.25, 0.3) is 5.91 Å². The summed E-state index contributed by atoms with van der Waals surface area (Å²) in [5.41, 5.74) is 0.574. The second kappa shape index (κ2) is 5.90. The van der Waals surface area contributed by atoms with Crippen molar-refractivity contribution in [2.75, 3.05) is 27.2 Å². The number of hydrogen-bond acceptors (Lipinski definition) is 3. The summed E-state index contributed by atoms with van der Waals surface area (Å²) in [6.07, 6.45) is 0.192. The highest BCUT2D eigenvalue weighted by Gasteiger charge is 2.34. The molecule has 2 rings (SSSR count). The molecule has 0 aromatic heterocycles. The summed E-state index contributed by atoms with van der Waals surface area (Å²) in [6.45, 7) is 1.15. The maximum atomic E-state index is 12.5. The number of aliphatic hydroxyl groups is 1. The zero-order chi connectivity index (χ0) is 14.0. The lowest BCUT2D eigenvalue weighted by molar-refractivity contribution is 0.0699. The van der Waals surface area contributed by atoms with Crippen LogP contribution in [0.4, 0.5) is 0 Å². The molecular weight excluding hydrogens is 264 g/mol. The van der Waals surface area contributed by atoms with Gasteiger partial charge >= 0.3 is 0 Å². The van der Waals surface area contributed by atoms with E-state index in [9.17, 15) is 9.90 Å². The molecule has 0 spiro atoms. The number of amides is 1. The highest BCUT2D eigenvalue weighted by molar-refractivity contribution is 6.30. The lowest BCUT2D eigenvalue weighted by Gasteiger charge is -2.26. The van der Waals surface area contributed by atoms with Crippen molar-refractivity contribution in [3.63, 3.8) is 0 Å². The number of β-amino-alcohol motifs (C(OH)–C–C–N with tert-alkyl or cyclic N) is 1. The van der Waals surface area contributed by atoms with E-state index in [1.165, 1.54) is 0 Å². The number of aliphatic hydroxyl groups excluding tert-OH is 1. The Morgan fingerprint density at radius 3 is 2.89 bits per heavy atom. The van der Waals surface area contributed by atoms with Crippen molar-refractivity contribution in [2.24, 2.45) is 0 Å². The largest absolute Gasteiger partial charge is 0.391 e. The quantitative estimate of drug-likeness (QED) is 0.913. The molecule has 0 saturated carbocycles. The normalized spacial score (nSPS) is 23.1. The van der Waals surface area contributed by atoms with Crippen molar-refractivity contribution < 1.29 is 9.90 Å². The molecule has 1 aliphatic rings. The first-order valence-corrected chi connectivity index (χ1v) is 6.74. The number of likely N-dealkylation sites (N-methyl/N-ethyl adjacent to an activating group) is 1. The van der Waals surface area contributed by atoms with E-state index in [-0.39, 0.29) is 11.9 Å². The van der Waals surface area contributed by atoms with Gasteiger partial charge in [-0.05, 0) is 38.7 Å². The predicted molar refractivity (Wildman–Crippen MR) is 75.5 cm³/mol. The number of carbonyl (C=O) groups excluding carboxylic acids is 1. The predicted octanol–water partition coefficient (Wildman–Crippen LogP) is 1.48. The number of nitrogens with zero attached hydrogens (tertiary/aromatic N) is 2. The summed E-state index contributed by atoms with van der Waals surface area (Å²) >= 11 is 5.92. The van der Waals surface area contributed by atoms with E-state index in [0.717, 1.165) is 6.54 Å². The minimum absolute atomic E-state index is 0.0523. The molecule has 1 aliphatic heterocycles. The van der Waals surface area contributed by atoms with E-state index in [1.807, 2.05) is 19.0 Å². The SMILES string of the molecule is CN(C)CC1CC(O)CN1C(=O)c1cccc(Cl)c1. The van der Waals surface area contributed by atoms with Gasteiger partial charge < -0.3 is 14.9 Å². The van der Waals surface area contributed by atoms with Gasteiger partial charge in [-0.25, -0.2) is 0 Å². The minimum Gasteiger partial charge on any atom is -0.391 e. The average molecular weight is 283 g/mol. The molecule has 2 unspecified atom stereocenters. The Labute approximate surface area is 118 Å². The van der Waals surface area contributed by atoms with E-state index < -0.39 is 6.10 Å². The molecule has 5 heteroatoms. The van der Waals surface area contributed by atoms with Crippen LogP contribution in [0.2, 0.25) is 5.02 Å². The third-order valence-electron chi connectivity index (χ3n) is 3.30. The topological polar surface area (TPSA) is 43.8 Å². The number of rotatable bonds is 3. The first-order chi connectivity index (χ1) is 8.97. The van der Waals surface area contributed by atoms with Crippen LogP contribution < -0.4 is 0 Å². The Balaban J connectivity index is 2.17. The second-order valence-electron chi connectivity index (χ2n) is 5.27. The lowest BCUT2D eigenvalue weighted by atomic mass is 10.1. The van der Waals surface area contributed by atoms with Gasteiger partial charge in [-0.3, -0.25) is 4.79 Å². The molecule has 4 nitrogen and oxygen atoms in total. The number of carbonyl (C=O) groups is 1. The first-order valence-electron chi connectivity index (χ1n) is 6.36. The van der Waals surface area contributed by atoms with Crippen molar-refractivity contribution in [2.45, 2.75) is 18.6 Å². The van der Waals surface area contributed by atoms with E-state index in [4.69, 9.17) is 11.6 Å². The Morgan fingerprint density at radius 1 is 1.53 bits per heavy atom. The first kappa shape index (κ1) is 14.3. The molecule has 0 aliphatic carbocycles. The fraction of sp³-hybridized carbons (Fsp3) is 0.500. The van der Waals surface area contributed by atoms with Crippen LogP contribution in [0.5, 0.6) is 0 Å². The number of hydrogen-bond donors (Lipinski definition) is 1. The smallest absolute Gasteiger partial charge is 0.254 e. The Hall–Kier alpha value is -1.10. The molecule has 0 radical (unpaired) electrons. The number of likely N-dealkylation sites (tertiary alicyclic amines) is 1. The molecule has 1 aromatic carbocycles. The van der Waals surface area contributed by atoms with Crippen molar-refractivity contribution in [1.82, 2.24) is 9.80 Å².